The van der Waals surface area contributed by atoms with Crippen LogP contribution in [0.25, 0.3) is 0 Å². The molecule has 18 heavy (non-hydrogen) atoms. The number of rotatable bonds is 3. The number of hydrogen-bond acceptors (Lipinski definition) is 3. The summed E-state index contributed by atoms with van der Waals surface area (Å²) in [5.41, 5.74) is 1.43. The van der Waals surface area contributed by atoms with Crippen LogP contribution in [0.5, 0.6) is 0 Å². The second-order valence-corrected chi connectivity index (χ2v) is 5.05. The van der Waals surface area contributed by atoms with Gasteiger partial charge in [0.1, 0.15) is 6.07 Å². The zero-order chi connectivity index (χ0) is 13.0. The zero-order valence-electron chi connectivity index (χ0n) is 10.4. The molecular formula is C14H17ClN2O. The Morgan fingerprint density at radius 3 is 2.89 bits per heavy atom. The monoisotopic (exact) mass is 264 g/mol. The van der Waals surface area contributed by atoms with Crippen LogP contribution in [0.4, 0.5) is 5.69 Å². The summed E-state index contributed by atoms with van der Waals surface area (Å²) in [7, 11) is 1.74. The third kappa shape index (κ3) is 2.95. The van der Waals surface area contributed by atoms with Crippen LogP contribution in [-0.4, -0.2) is 19.3 Å². The summed E-state index contributed by atoms with van der Waals surface area (Å²) >= 11 is 5.98. The fourth-order valence-corrected chi connectivity index (χ4v) is 2.65. The van der Waals surface area contributed by atoms with Crippen LogP contribution in [0.2, 0.25) is 5.02 Å². The van der Waals surface area contributed by atoms with Crippen molar-refractivity contribution >= 4 is 17.3 Å². The molecule has 0 spiro atoms. The predicted octanol–water partition coefficient (Wildman–Crippen LogP) is 3.58. The lowest BCUT2D eigenvalue weighted by molar-refractivity contribution is 0.0606. The number of nitrogens with zero attached hydrogens (tertiary/aromatic N) is 1. The fourth-order valence-electron chi connectivity index (χ4n) is 2.48. The van der Waals surface area contributed by atoms with Gasteiger partial charge in [0.15, 0.2) is 0 Å². The van der Waals surface area contributed by atoms with E-state index in [1.165, 1.54) is 12.8 Å². The molecule has 0 aliphatic heterocycles. The van der Waals surface area contributed by atoms with Gasteiger partial charge in [-0.15, -0.1) is 0 Å². The molecule has 1 N–H and O–H groups in total. The highest BCUT2D eigenvalue weighted by Gasteiger charge is 2.25. The summed E-state index contributed by atoms with van der Waals surface area (Å²) in [6.07, 6.45) is 4.74. The van der Waals surface area contributed by atoms with E-state index >= 15 is 0 Å². The van der Waals surface area contributed by atoms with Gasteiger partial charge in [0, 0.05) is 12.1 Å². The van der Waals surface area contributed by atoms with Crippen molar-refractivity contribution in [1.82, 2.24) is 0 Å². The molecule has 1 aromatic carbocycles. The number of ether oxygens (including phenoxy) is 1. The van der Waals surface area contributed by atoms with Crippen LogP contribution >= 0.6 is 11.6 Å². The highest BCUT2D eigenvalue weighted by molar-refractivity contribution is 6.30. The number of nitrogens with one attached hydrogen (secondary N) is 1. The molecule has 0 aromatic heterocycles. The maximum Gasteiger partial charge on any atom is 0.101 e. The average Bonchev–Trinajstić information content (AvgIpc) is 2.40. The van der Waals surface area contributed by atoms with Crippen molar-refractivity contribution in [2.45, 2.75) is 37.8 Å². The third-order valence-electron chi connectivity index (χ3n) is 3.45. The molecule has 1 aliphatic rings. The molecule has 0 heterocycles. The second kappa shape index (κ2) is 6.08. The van der Waals surface area contributed by atoms with Crippen molar-refractivity contribution in [2.75, 3.05) is 12.4 Å². The molecule has 96 valence electrons. The van der Waals surface area contributed by atoms with Crippen LogP contribution in [0.15, 0.2) is 18.2 Å². The lowest BCUT2D eigenvalue weighted by atomic mass is 9.92. The smallest absolute Gasteiger partial charge is 0.101 e. The molecule has 0 radical (unpaired) electrons. The summed E-state index contributed by atoms with van der Waals surface area (Å²) in [6, 6.07) is 7.73. The van der Waals surface area contributed by atoms with Gasteiger partial charge in [-0.1, -0.05) is 24.4 Å². The quantitative estimate of drug-likeness (QED) is 0.908. The number of nitriles is 1. The Kier molecular flexibility index (Phi) is 4.46. The standard InChI is InChI=1S/C14H17ClN2O/c1-18-14-5-3-2-4-12(14)17-13-8-11(15)7-6-10(13)9-16/h6-8,12,14,17H,2-5H2,1H3. The zero-order valence-corrected chi connectivity index (χ0v) is 11.2. The third-order valence-corrected chi connectivity index (χ3v) is 3.68. The van der Waals surface area contributed by atoms with Crippen LogP contribution in [0.1, 0.15) is 31.2 Å². The molecular weight excluding hydrogens is 248 g/mol. The molecule has 2 atom stereocenters. The molecule has 2 unspecified atom stereocenters. The fraction of sp³-hybridized carbons (Fsp3) is 0.500. The van der Waals surface area contributed by atoms with Crippen molar-refractivity contribution in [2.24, 2.45) is 0 Å². The van der Waals surface area contributed by atoms with Crippen LogP contribution in [-0.2, 0) is 4.74 Å². The van der Waals surface area contributed by atoms with E-state index in [2.05, 4.69) is 11.4 Å². The summed E-state index contributed by atoms with van der Waals surface area (Å²) in [4.78, 5) is 0. The normalized spacial score (nSPS) is 23.4. The van der Waals surface area contributed by atoms with Gasteiger partial charge >= 0.3 is 0 Å². The van der Waals surface area contributed by atoms with E-state index in [9.17, 15) is 0 Å². The van der Waals surface area contributed by atoms with Crippen LogP contribution in [0, 0.1) is 11.3 Å². The molecule has 0 saturated heterocycles. The lowest BCUT2D eigenvalue weighted by Gasteiger charge is -2.32. The number of methoxy groups -OCH3 is 1. The van der Waals surface area contributed by atoms with Crippen LogP contribution < -0.4 is 5.32 Å². The van der Waals surface area contributed by atoms with E-state index < -0.39 is 0 Å². The maximum absolute atomic E-state index is 9.10. The molecule has 4 heteroatoms. The van der Waals surface area contributed by atoms with Crippen molar-refractivity contribution < 1.29 is 4.74 Å². The van der Waals surface area contributed by atoms with Crippen molar-refractivity contribution in [3.8, 4) is 6.07 Å². The average molecular weight is 265 g/mol. The Morgan fingerprint density at radius 1 is 1.39 bits per heavy atom. The lowest BCUT2D eigenvalue weighted by Crippen LogP contribution is -2.37. The van der Waals surface area contributed by atoms with Gasteiger partial charge in [0.05, 0.1) is 23.4 Å². The van der Waals surface area contributed by atoms with E-state index in [1.807, 2.05) is 0 Å². The Hall–Kier alpha value is -1.24. The SMILES string of the molecule is COC1CCCCC1Nc1cc(Cl)ccc1C#N. The summed E-state index contributed by atoms with van der Waals surface area (Å²) in [5, 5.41) is 13.1. The molecule has 1 aromatic rings. The van der Waals surface area contributed by atoms with E-state index in [-0.39, 0.29) is 12.1 Å². The molecule has 3 nitrogen and oxygen atoms in total. The summed E-state index contributed by atoms with van der Waals surface area (Å²) in [5.74, 6) is 0. The molecule has 1 saturated carbocycles. The first-order valence-corrected chi connectivity index (χ1v) is 6.61. The van der Waals surface area contributed by atoms with E-state index in [0.717, 1.165) is 18.5 Å². The molecule has 1 fully saturated rings. The Labute approximate surface area is 113 Å². The highest BCUT2D eigenvalue weighted by atomic mass is 35.5. The van der Waals surface area contributed by atoms with E-state index in [1.54, 1.807) is 25.3 Å². The minimum absolute atomic E-state index is 0.212. The van der Waals surface area contributed by atoms with E-state index in [0.29, 0.717) is 10.6 Å². The van der Waals surface area contributed by atoms with Gasteiger partial charge in [-0.2, -0.15) is 5.26 Å². The van der Waals surface area contributed by atoms with Gasteiger partial charge in [0.2, 0.25) is 0 Å². The number of anilines is 1. The van der Waals surface area contributed by atoms with Gasteiger partial charge in [-0.3, -0.25) is 0 Å². The van der Waals surface area contributed by atoms with E-state index in [4.69, 9.17) is 21.6 Å². The molecule has 0 bridgehead atoms. The summed E-state index contributed by atoms with van der Waals surface area (Å²) < 4.78 is 5.50. The number of hydrogen-bond donors (Lipinski definition) is 1. The Bertz CT molecular complexity index is 456. The first-order chi connectivity index (χ1) is 8.74. The minimum Gasteiger partial charge on any atom is -0.379 e. The van der Waals surface area contributed by atoms with Crippen molar-refractivity contribution in [3.63, 3.8) is 0 Å². The predicted molar refractivity (Wildman–Crippen MR) is 72.8 cm³/mol. The van der Waals surface area contributed by atoms with Gasteiger partial charge in [0.25, 0.3) is 0 Å². The Morgan fingerprint density at radius 2 is 2.17 bits per heavy atom. The number of halogens is 1. The maximum atomic E-state index is 9.10. The van der Waals surface area contributed by atoms with Gasteiger partial charge in [-0.25, -0.2) is 0 Å². The van der Waals surface area contributed by atoms with Gasteiger partial charge in [-0.05, 0) is 31.0 Å². The highest BCUT2D eigenvalue weighted by Crippen LogP contribution is 2.27. The topological polar surface area (TPSA) is 45.0 Å². The molecule has 0 amide bonds. The molecule has 2 rings (SSSR count). The molecule has 1 aliphatic carbocycles. The van der Waals surface area contributed by atoms with Crippen molar-refractivity contribution in [1.29, 1.82) is 5.26 Å². The van der Waals surface area contributed by atoms with Crippen LogP contribution in [0.3, 0.4) is 0 Å². The van der Waals surface area contributed by atoms with Gasteiger partial charge < -0.3 is 10.1 Å². The Balaban J connectivity index is 2.17. The van der Waals surface area contributed by atoms with Crippen molar-refractivity contribution in [3.05, 3.63) is 28.8 Å². The second-order valence-electron chi connectivity index (χ2n) is 4.61. The largest absolute Gasteiger partial charge is 0.379 e. The minimum atomic E-state index is 0.212. The summed E-state index contributed by atoms with van der Waals surface area (Å²) in [6.45, 7) is 0. The first-order valence-electron chi connectivity index (χ1n) is 6.23. The number of benzene rings is 1. The first kappa shape index (κ1) is 13.2.